The molecule has 1 aliphatic heterocycles. The standard InChI is InChI=1S/C30H36F6N4O4S/c1-39-14-16-40(17-15-39)13-3-6-26(41)25-19-24(44-30(34,35)36)11-12-27(25)42-22-9-7-20(8-10-22)37-28(45)38-21-4-2-5-23(18-21)43-29(31,32)33/h2,4-5,11-12,18-20,22H,3,6-10,13-17H2,1H3,(H2,37,38,45). The number of halogens is 6. The highest BCUT2D eigenvalue weighted by Crippen LogP contribution is 2.32. The predicted molar refractivity (Wildman–Crippen MR) is 160 cm³/mol. The summed E-state index contributed by atoms with van der Waals surface area (Å²) in [7, 11) is 2.05. The molecule has 15 heteroatoms. The van der Waals surface area contributed by atoms with Crippen LogP contribution in [0.4, 0.5) is 32.0 Å². The van der Waals surface area contributed by atoms with E-state index in [0.717, 1.165) is 44.9 Å². The quantitative estimate of drug-likeness (QED) is 0.162. The zero-order valence-corrected chi connectivity index (χ0v) is 25.5. The summed E-state index contributed by atoms with van der Waals surface area (Å²) < 4.78 is 90.4. The molecule has 2 aromatic carbocycles. The Labute approximate surface area is 263 Å². The number of nitrogens with zero attached hydrogens (tertiary/aromatic N) is 2. The summed E-state index contributed by atoms with van der Waals surface area (Å²) in [6.45, 7) is 4.40. The average Bonchev–Trinajstić information content (AvgIpc) is 2.94. The van der Waals surface area contributed by atoms with Crippen molar-refractivity contribution in [1.29, 1.82) is 0 Å². The molecule has 4 rings (SSSR count). The SMILES string of the molecule is CN1CCN(CCCC(=O)c2cc(OC(F)(F)F)ccc2OC2CCC(NC(=S)Nc3cccc(OC(F)(F)F)c3)CC2)CC1. The molecule has 0 atom stereocenters. The van der Waals surface area contributed by atoms with Crippen LogP contribution in [0.3, 0.4) is 0 Å². The molecule has 0 unspecified atom stereocenters. The molecule has 2 N–H and O–H groups in total. The monoisotopic (exact) mass is 662 g/mol. The molecule has 1 saturated heterocycles. The number of rotatable bonds is 11. The lowest BCUT2D eigenvalue weighted by Gasteiger charge is -2.32. The van der Waals surface area contributed by atoms with Gasteiger partial charge in [0.2, 0.25) is 0 Å². The smallest absolute Gasteiger partial charge is 0.490 e. The van der Waals surface area contributed by atoms with Crippen molar-refractivity contribution in [3.63, 3.8) is 0 Å². The van der Waals surface area contributed by atoms with E-state index in [4.69, 9.17) is 17.0 Å². The maximum atomic E-state index is 13.2. The Balaban J connectivity index is 1.30. The lowest BCUT2D eigenvalue weighted by molar-refractivity contribution is -0.275. The van der Waals surface area contributed by atoms with Gasteiger partial charge in [-0.3, -0.25) is 4.79 Å². The number of hydrogen-bond donors (Lipinski definition) is 2. The van der Waals surface area contributed by atoms with Crippen LogP contribution in [0.25, 0.3) is 0 Å². The van der Waals surface area contributed by atoms with Crippen molar-refractivity contribution in [3.05, 3.63) is 48.0 Å². The summed E-state index contributed by atoms with van der Waals surface area (Å²) in [5.41, 5.74) is 0.377. The second kappa shape index (κ2) is 15.3. The first-order valence-corrected chi connectivity index (χ1v) is 15.1. The highest BCUT2D eigenvalue weighted by atomic mass is 32.1. The minimum absolute atomic E-state index is 0.0438. The number of thiocarbonyl (C=S) groups is 1. The van der Waals surface area contributed by atoms with E-state index in [1.54, 1.807) is 6.07 Å². The van der Waals surface area contributed by atoms with Gasteiger partial charge in [-0.25, -0.2) is 0 Å². The number of ketones is 1. The summed E-state index contributed by atoms with van der Waals surface area (Å²) in [6, 6.07) is 8.85. The van der Waals surface area contributed by atoms with Gasteiger partial charge in [0, 0.05) is 50.4 Å². The van der Waals surface area contributed by atoms with Crippen LogP contribution >= 0.6 is 12.2 Å². The fourth-order valence-electron chi connectivity index (χ4n) is 5.32. The molecule has 2 aliphatic rings. The summed E-state index contributed by atoms with van der Waals surface area (Å²) >= 11 is 5.33. The first-order valence-electron chi connectivity index (χ1n) is 14.7. The number of hydrogen-bond acceptors (Lipinski definition) is 7. The van der Waals surface area contributed by atoms with Crippen LogP contribution in [0.5, 0.6) is 17.2 Å². The van der Waals surface area contributed by atoms with Crippen molar-refractivity contribution in [2.75, 3.05) is 45.1 Å². The summed E-state index contributed by atoms with van der Waals surface area (Å²) in [4.78, 5) is 17.7. The second-order valence-electron chi connectivity index (χ2n) is 11.1. The zero-order chi connectivity index (χ0) is 32.6. The third-order valence-electron chi connectivity index (χ3n) is 7.59. The maximum Gasteiger partial charge on any atom is 0.573 e. The molecule has 248 valence electrons. The number of benzene rings is 2. The molecule has 8 nitrogen and oxygen atoms in total. The van der Waals surface area contributed by atoms with Crippen LogP contribution in [-0.4, -0.2) is 85.3 Å². The van der Waals surface area contributed by atoms with Crippen LogP contribution in [0.1, 0.15) is 48.9 Å². The van der Waals surface area contributed by atoms with Crippen molar-refractivity contribution in [3.8, 4) is 17.2 Å². The predicted octanol–water partition coefficient (Wildman–Crippen LogP) is 6.37. The molecule has 2 fully saturated rings. The van der Waals surface area contributed by atoms with Gasteiger partial charge in [0.05, 0.1) is 11.7 Å². The largest absolute Gasteiger partial charge is 0.573 e. The van der Waals surface area contributed by atoms with Gasteiger partial charge in [-0.1, -0.05) is 6.07 Å². The summed E-state index contributed by atoms with van der Waals surface area (Å²) in [5.74, 6) is -0.965. The van der Waals surface area contributed by atoms with Gasteiger partial charge >= 0.3 is 12.7 Å². The number of ether oxygens (including phenoxy) is 3. The zero-order valence-electron chi connectivity index (χ0n) is 24.7. The normalized spacial score (nSPS) is 19.9. The number of alkyl halides is 6. The van der Waals surface area contributed by atoms with E-state index < -0.39 is 18.5 Å². The summed E-state index contributed by atoms with van der Waals surface area (Å²) in [6.07, 6.45) is -6.85. The van der Waals surface area contributed by atoms with Crippen LogP contribution < -0.4 is 24.8 Å². The number of piperazine rings is 1. The van der Waals surface area contributed by atoms with Crippen LogP contribution in [-0.2, 0) is 0 Å². The molecule has 0 aromatic heterocycles. The fraction of sp³-hybridized carbons (Fsp3) is 0.533. The Kier molecular flexibility index (Phi) is 11.8. The van der Waals surface area contributed by atoms with Crippen LogP contribution in [0.15, 0.2) is 42.5 Å². The van der Waals surface area contributed by atoms with Crippen molar-refractivity contribution in [2.45, 2.75) is 63.4 Å². The van der Waals surface area contributed by atoms with Crippen molar-refractivity contribution in [2.24, 2.45) is 0 Å². The Morgan fingerprint density at radius 3 is 2.20 bits per heavy atom. The van der Waals surface area contributed by atoms with Gasteiger partial charge in [0.1, 0.15) is 17.2 Å². The molecular formula is C30H36F6N4O4S. The first kappa shape index (κ1) is 34.6. The highest BCUT2D eigenvalue weighted by Gasteiger charge is 2.33. The Morgan fingerprint density at radius 2 is 1.56 bits per heavy atom. The average molecular weight is 663 g/mol. The van der Waals surface area contributed by atoms with E-state index in [1.807, 2.05) is 0 Å². The van der Waals surface area contributed by atoms with Gasteiger partial charge in [-0.2, -0.15) is 0 Å². The van der Waals surface area contributed by atoms with Gasteiger partial charge in [0.25, 0.3) is 0 Å². The molecule has 45 heavy (non-hydrogen) atoms. The van der Waals surface area contributed by atoms with Crippen molar-refractivity contribution < 1.29 is 45.3 Å². The first-order chi connectivity index (χ1) is 21.2. The van der Waals surface area contributed by atoms with Crippen molar-refractivity contribution >= 4 is 28.8 Å². The Hall–Kier alpha value is -3.30. The minimum atomic E-state index is -4.90. The highest BCUT2D eigenvalue weighted by molar-refractivity contribution is 7.80. The third-order valence-corrected chi connectivity index (χ3v) is 7.81. The van der Waals surface area contributed by atoms with E-state index in [-0.39, 0.29) is 46.5 Å². The Morgan fingerprint density at radius 1 is 0.911 bits per heavy atom. The van der Waals surface area contributed by atoms with Gasteiger partial charge in [-0.15, -0.1) is 26.3 Å². The number of likely N-dealkylation sites (N-methyl/N-ethyl adjacent to an activating group) is 1. The lowest BCUT2D eigenvalue weighted by Crippen LogP contribution is -2.44. The molecule has 0 bridgehead atoms. The van der Waals surface area contributed by atoms with E-state index in [1.165, 1.54) is 24.3 Å². The van der Waals surface area contributed by atoms with Crippen molar-refractivity contribution in [1.82, 2.24) is 15.1 Å². The lowest BCUT2D eigenvalue weighted by atomic mass is 9.93. The number of Topliss-reactive ketones (excluding diaryl/α,β-unsaturated/α-hetero) is 1. The molecular weight excluding hydrogens is 626 g/mol. The molecule has 1 aliphatic carbocycles. The molecule has 0 spiro atoms. The molecule has 0 radical (unpaired) electrons. The third kappa shape index (κ3) is 11.9. The number of carbonyl (C=O) groups excluding carboxylic acids is 1. The van der Waals surface area contributed by atoms with E-state index >= 15 is 0 Å². The van der Waals surface area contributed by atoms with Gasteiger partial charge in [-0.05, 0) is 88.2 Å². The topological polar surface area (TPSA) is 75.3 Å². The van der Waals surface area contributed by atoms with Crippen LogP contribution in [0, 0.1) is 0 Å². The van der Waals surface area contributed by atoms with Gasteiger partial charge < -0.3 is 34.6 Å². The molecule has 0 amide bonds. The molecule has 2 aromatic rings. The Bertz CT molecular complexity index is 1300. The van der Waals surface area contributed by atoms with E-state index in [9.17, 15) is 31.1 Å². The minimum Gasteiger partial charge on any atom is -0.490 e. The second-order valence-corrected chi connectivity index (χ2v) is 11.6. The number of anilines is 1. The van der Waals surface area contributed by atoms with E-state index in [2.05, 4.69) is 37.0 Å². The number of carbonyl (C=O) groups is 1. The maximum absolute atomic E-state index is 13.2. The molecule has 1 heterocycles. The van der Waals surface area contributed by atoms with E-state index in [0.29, 0.717) is 37.8 Å². The van der Waals surface area contributed by atoms with Gasteiger partial charge in [0.15, 0.2) is 10.9 Å². The fourth-order valence-corrected chi connectivity index (χ4v) is 5.61. The molecule has 1 saturated carbocycles. The summed E-state index contributed by atoms with van der Waals surface area (Å²) in [5, 5.41) is 6.23. The van der Waals surface area contributed by atoms with Crippen LogP contribution in [0.2, 0.25) is 0 Å². The number of nitrogens with one attached hydrogen (secondary N) is 2.